The zero-order valence-electron chi connectivity index (χ0n) is 9.25. The Bertz CT molecular complexity index is 437. The molecule has 0 radical (unpaired) electrons. The first-order valence-corrected chi connectivity index (χ1v) is 5.82. The molecule has 1 heterocycles. The van der Waals surface area contributed by atoms with Gasteiger partial charge in [-0.1, -0.05) is 17.7 Å². The van der Waals surface area contributed by atoms with Crippen molar-refractivity contribution in [2.75, 3.05) is 6.61 Å². The highest BCUT2D eigenvalue weighted by Gasteiger charge is 2.18. The predicted octanol–water partition coefficient (Wildman–Crippen LogP) is 2.68. The third-order valence-corrected chi connectivity index (χ3v) is 3.08. The van der Waals surface area contributed by atoms with Crippen LogP contribution in [0.4, 0.5) is 4.39 Å². The number of benzene rings is 1. The van der Waals surface area contributed by atoms with Crippen LogP contribution in [0.3, 0.4) is 0 Å². The molecule has 0 aliphatic carbocycles. The van der Waals surface area contributed by atoms with Crippen molar-refractivity contribution in [3.8, 4) is 0 Å². The molecular weight excluding hydrogens is 243 g/mol. The fraction of sp³-hybridized carbons (Fsp3) is 0.333. The van der Waals surface area contributed by atoms with Crippen molar-refractivity contribution in [3.63, 3.8) is 0 Å². The zero-order valence-corrected chi connectivity index (χ0v) is 10.0. The smallest absolute Gasteiger partial charge is 0.142 e. The van der Waals surface area contributed by atoms with Gasteiger partial charge in [0.25, 0.3) is 0 Å². The molecule has 1 aromatic carbocycles. The Morgan fingerprint density at radius 2 is 2.29 bits per heavy atom. The summed E-state index contributed by atoms with van der Waals surface area (Å²) in [6.45, 7) is 0.718. The SMILES string of the molecule is NNC(C1=COCCC1)c1ccc(Cl)c(F)c1. The van der Waals surface area contributed by atoms with Gasteiger partial charge in [-0.15, -0.1) is 0 Å². The van der Waals surface area contributed by atoms with Crippen molar-refractivity contribution in [2.24, 2.45) is 5.84 Å². The molecule has 1 aliphatic heterocycles. The Hall–Kier alpha value is -1.10. The molecule has 3 N–H and O–H groups in total. The van der Waals surface area contributed by atoms with Crippen LogP contribution in [0.5, 0.6) is 0 Å². The summed E-state index contributed by atoms with van der Waals surface area (Å²) >= 11 is 5.65. The molecule has 0 spiro atoms. The average molecular weight is 257 g/mol. The Labute approximate surface area is 104 Å². The van der Waals surface area contributed by atoms with E-state index >= 15 is 0 Å². The number of hydrogen-bond donors (Lipinski definition) is 2. The van der Waals surface area contributed by atoms with Crippen molar-refractivity contribution in [3.05, 3.63) is 46.4 Å². The van der Waals surface area contributed by atoms with Gasteiger partial charge in [-0.2, -0.15) is 0 Å². The molecule has 0 aromatic heterocycles. The van der Waals surface area contributed by atoms with Crippen molar-refractivity contribution in [2.45, 2.75) is 18.9 Å². The number of hydrazine groups is 1. The van der Waals surface area contributed by atoms with Crippen molar-refractivity contribution in [1.29, 1.82) is 0 Å². The van der Waals surface area contributed by atoms with Crippen LogP contribution in [0, 0.1) is 5.82 Å². The highest BCUT2D eigenvalue weighted by molar-refractivity contribution is 6.30. The van der Waals surface area contributed by atoms with Gasteiger partial charge in [0.05, 0.1) is 23.9 Å². The van der Waals surface area contributed by atoms with Gasteiger partial charge >= 0.3 is 0 Å². The zero-order chi connectivity index (χ0) is 12.3. The molecule has 0 amide bonds. The molecule has 92 valence electrons. The fourth-order valence-electron chi connectivity index (χ4n) is 1.91. The van der Waals surface area contributed by atoms with Gasteiger partial charge in [0.2, 0.25) is 0 Å². The van der Waals surface area contributed by atoms with Gasteiger partial charge in [-0.25, -0.2) is 9.82 Å². The van der Waals surface area contributed by atoms with Gasteiger partial charge in [0.1, 0.15) is 5.82 Å². The average Bonchev–Trinajstić information content (AvgIpc) is 2.36. The van der Waals surface area contributed by atoms with Crippen molar-refractivity contribution < 1.29 is 9.13 Å². The van der Waals surface area contributed by atoms with E-state index in [1.54, 1.807) is 12.3 Å². The molecule has 3 nitrogen and oxygen atoms in total. The van der Waals surface area contributed by atoms with Gasteiger partial charge in [0, 0.05) is 0 Å². The lowest BCUT2D eigenvalue weighted by Gasteiger charge is -2.23. The molecule has 0 saturated carbocycles. The fourth-order valence-corrected chi connectivity index (χ4v) is 2.02. The Kier molecular flexibility index (Phi) is 3.99. The predicted molar refractivity (Wildman–Crippen MR) is 64.7 cm³/mol. The number of nitrogens with two attached hydrogens (primary N) is 1. The summed E-state index contributed by atoms with van der Waals surface area (Å²) in [7, 11) is 0. The second-order valence-electron chi connectivity index (χ2n) is 3.94. The Morgan fingerprint density at radius 3 is 2.88 bits per heavy atom. The number of nitrogens with one attached hydrogen (secondary N) is 1. The minimum absolute atomic E-state index is 0.110. The maximum Gasteiger partial charge on any atom is 0.142 e. The van der Waals surface area contributed by atoms with E-state index in [0.29, 0.717) is 0 Å². The van der Waals surface area contributed by atoms with Crippen LogP contribution in [0.2, 0.25) is 5.02 Å². The summed E-state index contributed by atoms with van der Waals surface area (Å²) in [6.07, 6.45) is 3.53. The van der Waals surface area contributed by atoms with Crippen LogP contribution in [-0.4, -0.2) is 6.61 Å². The van der Waals surface area contributed by atoms with E-state index in [9.17, 15) is 4.39 Å². The minimum Gasteiger partial charge on any atom is -0.501 e. The normalized spacial score (nSPS) is 17.2. The molecule has 1 atom stereocenters. The lowest BCUT2D eigenvalue weighted by atomic mass is 9.96. The van der Waals surface area contributed by atoms with E-state index in [4.69, 9.17) is 22.2 Å². The van der Waals surface area contributed by atoms with Crippen LogP contribution in [0.15, 0.2) is 30.0 Å². The van der Waals surface area contributed by atoms with E-state index in [0.717, 1.165) is 30.6 Å². The topological polar surface area (TPSA) is 47.3 Å². The lowest BCUT2D eigenvalue weighted by molar-refractivity contribution is 0.219. The summed E-state index contributed by atoms with van der Waals surface area (Å²) in [5.41, 5.74) is 4.43. The van der Waals surface area contributed by atoms with E-state index in [-0.39, 0.29) is 11.1 Å². The van der Waals surface area contributed by atoms with Crippen LogP contribution in [-0.2, 0) is 4.74 Å². The summed E-state index contributed by atoms with van der Waals surface area (Å²) < 4.78 is 18.7. The van der Waals surface area contributed by atoms with Crippen LogP contribution in [0.25, 0.3) is 0 Å². The molecule has 1 unspecified atom stereocenters. The summed E-state index contributed by atoms with van der Waals surface area (Å²) in [5, 5.41) is 0.110. The van der Waals surface area contributed by atoms with Crippen LogP contribution < -0.4 is 11.3 Å². The Morgan fingerprint density at radius 1 is 1.47 bits per heavy atom. The maximum atomic E-state index is 13.4. The van der Waals surface area contributed by atoms with E-state index in [1.165, 1.54) is 12.1 Å². The van der Waals surface area contributed by atoms with Crippen molar-refractivity contribution >= 4 is 11.6 Å². The summed E-state index contributed by atoms with van der Waals surface area (Å²) in [6, 6.07) is 4.44. The molecule has 5 heteroatoms. The molecule has 1 aromatic rings. The number of hydrogen-bond acceptors (Lipinski definition) is 3. The first-order valence-electron chi connectivity index (χ1n) is 5.44. The Balaban J connectivity index is 2.28. The van der Waals surface area contributed by atoms with Gasteiger partial charge < -0.3 is 4.74 Å². The number of ether oxygens (including phenoxy) is 1. The van der Waals surface area contributed by atoms with E-state index in [1.807, 2.05) is 0 Å². The third-order valence-electron chi connectivity index (χ3n) is 2.78. The quantitative estimate of drug-likeness (QED) is 0.646. The lowest BCUT2D eigenvalue weighted by Crippen LogP contribution is -2.30. The van der Waals surface area contributed by atoms with Gasteiger partial charge in [-0.05, 0) is 36.1 Å². The maximum absolute atomic E-state index is 13.4. The second kappa shape index (κ2) is 5.49. The molecular formula is C12H14ClFN2O. The van der Waals surface area contributed by atoms with E-state index in [2.05, 4.69) is 5.43 Å². The molecule has 0 fully saturated rings. The van der Waals surface area contributed by atoms with Crippen LogP contribution >= 0.6 is 11.6 Å². The largest absolute Gasteiger partial charge is 0.501 e. The number of rotatable bonds is 3. The highest BCUT2D eigenvalue weighted by atomic mass is 35.5. The van der Waals surface area contributed by atoms with Gasteiger partial charge in [-0.3, -0.25) is 5.84 Å². The first-order chi connectivity index (χ1) is 8.22. The molecule has 0 saturated heterocycles. The van der Waals surface area contributed by atoms with E-state index < -0.39 is 5.82 Å². The highest BCUT2D eigenvalue weighted by Crippen LogP contribution is 2.28. The standard InChI is InChI=1S/C12H14ClFN2O/c13-10-4-3-8(6-11(10)14)12(16-15)9-2-1-5-17-7-9/h3-4,6-7,12,16H,1-2,5,15H2. The number of halogens is 2. The third kappa shape index (κ3) is 2.77. The molecule has 2 rings (SSSR count). The minimum atomic E-state index is -0.443. The first kappa shape index (κ1) is 12.4. The van der Waals surface area contributed by atoms with Crippen molar-refractivity contribution in [1.82, 2.24) is 5.43 Å². The molecule has 1 aliphatic rings. The van der Waals surface area contributed by atoms with Gasteiger partial charge in [0.15, 0.2) is 0 Å². The second-order valence-corrected chi connectivity index (χ2v) is 4.35. The monoisotopic (exact) mass is 256 g/mol. The molecule has 0 bridgehead atoms. The molecule has 17 heavy (non-hydrogen) atoms. The summed E-state index contributed by atoms with van der Waals surface area (Å²) in [4.78, 5) is 0. The van der Waals surface area contributed by atoms with Crippen LogP contribution in [0.1, 0.15) is 24.4 Å². The summed E-state index contributed by atoms with van der Waals surface area (Å²) in [5.74, 6) is 5.08.